The van der Waals surface area contributed by atoms with Crippen molar-refractivity contribution in [3.63, 3.8) is 0 Å². The molecule has 1 aliphatic rings. The SMILES string of the molecule is O=C(CSCc1ccc(Cl)cc1Cl)Nc1cc(S(=O)(=O)N2CCCC2)ccc1O. The molecule has 2 aromatic rings. The molecule has 6 nitrogen and oxygen atoms in total. The van der Waals surface area contributed by atoms with Gasteiger partial charge in [-0.3, -0.25) is 4.79 Å². The number of nitrogens with one attached hydrogen (secondary N) is 1. The number of benzene rings is 2. The second kappa shape index (κ2) is 9.57. The fraction of sp³-hybridized carbons (Fsp3) is 0.316. The number of sulfonamides is 1. The number of phenolic OH excluding ortho intramolecular Hbond substituents is 1. The molecule has 1 aliphatic heterocycles. The Hall–Kier alpha value is -1.45. The van der Waals surface area contributed by atoms with Crippen molar-refractivity contribution in [3.8, 4) is 5.75 Å². The lowest BCUT2D eigenvalue weighted by Gasteiger charge is -2.16. The van der Waals surface area contributed by atoms with E-state index in [-0.39, 0.29) is 28.0 Å². The first kappa shape index (κ1) is 22.2. The van der Waals surface area contributed by atoms with E-state index in [1.165, 1.54) is 34.3 Å². The van der Waals surface area contributed by atoms with E-state index in [0.717, 1.165) is 18.4 Å². The Morgan fingerprint density at radius 1 is 1.14 bits per heavy atom. The standard InChI is InChI=1S/C19H20Cl2N2O4S2/c20-14-4-3-13(16(21)9-14)11-28-12-19(25)22-17-10-15(5-6-18(17)24)29(26,27)23-7-1-2-8-23/h3-6,9-10,24H,1-2,7-8,11-12H2,(H,22,25). The van der Waals surface area contributed by atoms with Crippen molar-refractivity contribution in [1.82, 2.24) is 4.31 Å². The van der Waals surface area contributed by atoms with E-state index in [4.69, 9.17) is 23.2 Å². The molecule has 10 heteroatoms. The van der Waals surface area contributed by atoms with Gasteiger partial charge in [0.15, 0.2) is 0 Å². The van der Waals surface area contributed by atoms with Crippen molar-refractivity contribution in [2.75, 3.05) is 24.2 Å². The molecular formula is C19H20Cl2N2O4S2. The minimum Gasteiger partial charge on any atom is -0.506 e. The second-order valence-electron chi connectivity index (χ2n) is 6.57. The summed E-state index contributed by atoms with van der Waals surface area (Å²) < 4.78 is 26.8. The van der Waals surface area contributed by atoms with Crippen LogP contribution in [0, 0.1) is 0 Å². The molecule has 3 rings (SSSR count). The fourth-order valence-electron chi connectivity index (χ4n) is 2.93. The van der Waals surface area contributed by atoms with Crippen molar-refractivity contribution in [2.45, 2.75) is 23.5 Å². The number of nitrogens with zero attached hydrogens (tertiary/aromatic N) is 1. The number of carbonyl (C=O) groups is 1. The number of carbonyl (C=O) groups excluding carboxylic acids is 1. The minimum atomic E-state index is -3.63. The van der Waals surface area contributed by atoms with E-state index in [2.05, 4.69) is 5.32 Å². The van der Waals surface area contributed by atoms with Crippen LogP contribution in [0.4, 0.5) is 5.69 Å². The number of amides is 1. The van der Waals surface area contributed by atoms with Crippen LogP contribution < -0.4 is 5.32 Å². The van der Waals surface area contributed by atoms with Crippen molar-refractivity contribution < 1.29 is 18.3 Å². The van der Waals surface area contributed by atoms with Crippen LogP contribution in [0.5, 0.6) is 5.75 Å². The van der Waals surface area contributed by atoms with Crippen LogP contribution in [0.1, 0.15) is 18.4 Å². The van der Waals surface area contributed by atoms with Gasteiger partial charge in [0.1, 0.15) is 5.75 Å². The third kappa shape index (κ3) is 5.58. The maximum Gasteiger partial charge on any atom is 0.243 e. The van der Waals surface area contributed by atoms with E-state index in [9.17, 15) is 18.3 Å². The van der Waals surface area contributed by atoms with Crippen molar-refractivity contribution in [1.29, 1.82) is 0 Å². The molecule has 2 aromatic carbocycles. The van der Waals surface area contributed by atoms with Crippen LogP contribution in [-0.4, -0.2) is 42.6 Å². The number of halogens is 2. The van der Waals surface area contributed by atoms with E-state index in [0.29, 0.717) is 28.9 Å². The Morgan fingerprint density at radius 2 is 1.86 bits per heavy atom. The van der Waals surface area contributed by atoms with Gasteiger partial charge < -0.3 is 10.4 Å². The topological polar surface area (TPSA) is 86.7 Å². The summed E-state index contributed by atoms with van der Waals surface area (Å²) in [5, 5.41) is 13.7. The van der Waals surface area contributed by atoms with E-state index in [1.54, 1.807) is 18.2 Å². The Morgan fingerprint density at radius 3 is 2.55 bits per heavy atom. The van der Waals surface area contributed by atoms with Crippen LogP contribution in [0.25, 0.3) is 0 Å². The number of thioether (sulfide) groups is 1. The molecule has 0 atom stereocenters. The van der Waals surface area contributed by atoms with Crippen LogP contribution in [0.15, 0.2) is 41.3 Å². The first-order valence-corrected chi connectivity index (χ1v) is 12.3. The number of aromatic hydroxyl groups is 1. The largest absolute Gasteiger partial charge is 0.506 e. The average molecular weight is 475 g/mol. The van der Waals surface area contributed by atoms with Gasteiger partial charge in [-0.15, -0.1) is 11.8 Å². The number of anilines is 1. The van der Waals surface area contributed by atoms with Crippen LogP contribution in [-0.2, 0) is 20.6 Å². The Balaban J connectivity index is 1.62. The Kier molecular flexibility index (Phi) is 7.34. The minimum absolute atomic E-state index is 0.0492. The van der Waals surface area contributed by atoms with Gasteiger partial charge in [0.25, 0.3) is 0 Å². The highest BCUT2D eigenvalue weighted by atomic mass is 35.5. The van der Waals surface area contributed by atoms with Crippen LogP contribution >= 0.6 is 35.0 Å². The van der Waals surface area contributed by atoms with Gasteiger partial charge in [0.2, 0.25) is 15.9 Å². The van der Waals surface area contributed by atoms with Crippen LogP contribution in [0.2, 0.25) is 10.0 Å². The molecule has 1 fully saturated rings. The first-order chi connectivity index (χ1) is 13.8. The predicted molar refractivity (Wildman–Crippen MR) is 117 cm³/mol. The zero-order valence-electron chi connectivity index (χ0n) is 15.4. The molecule has 0 spiro atoms. The lowest BCUT2D eigenvalue weighted by Crippen LogP contribution is -2.28. The fourth-order valence-corrected chi connectivity index (χ4v) is 5.86. The molecule has 1 heterocycles. The Bertz CT molecular complexity index is 1010. The molecule has 29 heavy (non-hydrogen) atoms. The molecule has 0 aliphatic carbocycles. The molecule has 0 unspecified atom stereocenters. The van der Waals surface area contributed by atoms with Crippen LogP contribution in [0.3, 0.4) is 0 Å². The summed E-state index contributed by atoms with van der Waals surface area (Å²) in [5.74, 6) is 0.0795. The lowest BCUT2D eigenvalue weighted by molar-refractivity contribution is -0.113. The molecule has 1 amide bonds. The highest BCUT2D eigenvalue weighted by Crippen LogP contribution is 2.30. The number of hydrogen-bond donors (Lipinski definition) is 2. The van der Waals surface area contributed by atoms with Crippen molar-refractivity contribution >= 4 is 56.6 Å². The van der Waals surface area contributed by atoms with Gasteiger partial charge in [0, 0.05) is 28.9 Å². The lowest BCUT2D eigenvalue weighted by atomic mass is 10.2. The molecule has 1 saturated heterocycles. The van der Waals surface area contributed by atoms with E-state index >= 15 is 0 Å². The maximum absolute atomic E-state index is 12.7. The molecule has 0 saturated carbocycles. The Labute approximate surface area is 184 Å². The van der Waals surface area contributed by atoms with E-state index in [1.807, 2.05) is 0 Å². The van der Waals surface area contributed by atoms with Gasteiger partial charge in [-0.25, -0.2) is 8.42 Å². The smallest absolute Gasteiger partial charge is 0.243 e. The molecule has 0 aromatic heterocycles. The quantitative estimate of drug-likeness (QED) is 0.582. The van der Waals surface area contributed by atoms with Gasteiger partial charge in [-0.2, -0.15) is 4.31 Å². The monoisotopic (exact) mass is 474 g/mol. The average Bonchev–Trinajstić information content (AvgIpc) is 3.21. The highest BCUT2D eigenvalue weighted by Gasteiger charge is 2.27. The molecular weight excluding hydrogens is 455 g/mol. The third-order valence-corrected chi connectivity index (χ3v) is 7.91. The summed E-state index contributed by atoms with van der Waals surface area (Å²) in [6.45, 7) is 0.962. The number of rotatable bonds is 7. The number of phenols is 1. The van der Waals surface area contributed by atoms with Gasteiger partial charge in [0.05, 0.1) is 16.3 Å². The summed E-state index contributed by atoms with van der Waals surface area (Å²) in [6.07, 6.45) is 1.66. The zero-order chi connectivity index (χ0) is 21.0. The molecule has 0 bridgehead atoms. The summed E-state index contributed by atoms with van der Waals surface area (Å²) in [5.41, 5.74) is 0.927. The summed E-state index contributed by atoms with van der Waals surface area (Å²) in [4.78, 5) is 12.3. The summed E-state index contributed by atoms with van der Waals surface area (Å²) in [7, 11) is -3.63. The maximum atomic E-state index is 12.7. The summed E-state index contributed by atoms with van der Waals surface area (Å²) >= 11 is 13.3. The third-order valence-electron chi connectivity index (χ3n) is 4.45. The van der Waals surface area contributed by atoms with Gasteiger partial charge >= 0.3 is 0 Å². The normalized spacial score (nSPS) is 14.8. The molecule has 2 N–H and O–H groups in total. The second-order valence-corrected chi connectivity index (χ2v) is 10.3. The first-order valence-electron chi connectivity index (χ1n) is 8.92. The number of hydrogen-bond acceptors (Lipinski definition) is 5. The van der Waals surface area contributed by atoms with E-state index < -0.39 is 10.0 Å². The van der Waals surface area contributed by atoms with Gasteiger partial charge in [-0.05, 0) is 48.7 Å². The van der Waals surface area contributed by atoms with Crippen molar-refractivity contribution in [3.05, 3.63) is 52.0 Å². The molecule has 156 valence electrons. The van der Waals surface area contributed by atoms with Crippen molar-refractivity contribution in [2.24, 2.45) is 0 Å². The molecule has 0 radical (unpaired) electrons. The van der Waals surface area contributed by atoms with Gasteiger partial charge in [-0.1, -0.05) is 29.3 Å². The summed E-state index contributed by atoms with van der Waals surface area (Å²) in [6, 6.07) is 9.09. The predicted octanol–water partition coefficient (Wildman–Crippen LogP) is 4.36. The zero-order valence-corrected chi connectivity index (χ0v) is 18.5. The highest BCUT2D eigenvalue weighted by molar-refractivity contribution is 7.99.